The zero-order chi connectivity index (χ0) is 18.2. The first-order chi connectivity index (χ1) is 12.1. The highest BCUT2D eigenvalue weighted by Gasteiger charge is 2.39. The van der Waals surface area contributed by atoms with Gasteiger partial charge >= 0.3 is 11.9 Å². The Labute approximate surface area is 145 Å². The van der Waals surface area contributed by atoms with Gasteiger partial charge in [0, 0.05) is 18.5 Å². The van der Waals surface area contributed by atoms with Crippen molar-refractivity contribution >= 4 is 17.7 Å². The molecule has 0 unspecified atom stereocenters. The van der Waals surface area contributed by atoms with Crippen molar-refractivity contribution in [2.75, 3.05) is 14.2 Å². The Kier molecular flexibility index (Phi) is 6.39. The molecule has 2 aromatic rings. The van der Waals surface area contributed by atoms with Crippen molar-refractivity contribution in [1.82, 2.24) is 4.98 Å². The fraction of sp³-hybridized carbons (Fsp3) is 0.263. The number of methoxy groups -OCH3 is 2. The summed E-state index contributed by atoms with van der Waals surface area (Å²) in [5, 5.41) is 0. The Morgan fingerprint density at radius 1 is 0.920 bits per heavy atom. The quantitative estimate of drug-likeness (QED) is 0.437. The smallest absolute Gasteiger partial charge is 0.320 e. The van der Waals surface area contributed by atoms with Crippen molar-refractivity contribution in [3.05, 3.63) is 66.0 Å². The molecule has 0 bridgehead atoms. The van der Waals surface area contributed by atoms with E-state index in [0.29, 0.717) is 5.56 Å². The van der Waals surface area contributed by atoms with Gasteiger partial charge in [-0.3, -0.25) is 19.4 Å². The number of carbonyl (C=O) groups excluding carboxylic acids is 3. The van der Waals surface area contributed by atoms with Gasteiger partial charge in [-0.05, 0) is 17.7 Å². The molecule has 0 fully saturated rings. The summed E-state index contributed by atoms with van der Waals surface area (Å²) in [7, 11) is 2.39. The molecule has 1 aromatic carbocycles. The predicted octanol–water partition coefficient (Wildman–Crippen LogP) is 2.40. The number of esters is 2. The van der Waals surface area contributed by atoms with E-state index in [-0.39, 0.29) is 17.9 Å². The number of rotatable bonds is 7. The highest BCUT2D eigenvalue weighted by atomic mass is 16.5. The summed E-state index contributed by atoms with van der Waals surface area (Å²) in [6.07, 6.45) is 1.44. The van der Waals surface area contributed by atoms with Crippen LogP contribution in [0, 0.1) is 5.92 Å². The second-order valence-electron chi connectivity index (χ2n) is 5.38. The fourth-order valence-electron chi connectivity index (χ4n) is 2.64. The van der Waals surface area contributed by atoms with E-state index in [1.165, 1.54) is 20.4 Å². The summed E-state index contributed by atoms with van der Waals surface area (Å²) >= 11 is 0. The van der Waals surface area contributed by atoms with Crippen LogP contribution in [-0.4, -0.2) is 36.9 Å². The lowest BCUT2D eigenvalue weighted by molar-refractivity contribution is -0.159. The molecule has 0 aliphatic rings. The molecule has 6 heteroatoms. The second kappa shape index (κ2) is 8.73. The second-order valence-corrected chi connectivity index (χ2v) is 5.38. The Hall–Kier alpha value is -3.02. The minimum absolute atomic E-state index is 0.0735. The van der Waals surface area contributed by atoms with Crippen molar-refractivity contribution in [3.8, 4) is 0 Å². The van der Waals surface area contributed by atoms with E-state index in [4.69, 9.17) is 9.47 Å². The highest BCUT2D eigenvalue weighted by molar-refractivity contribution is 5.99. The van der Waals surface area contributed by atoms with E-state index in [0.717, 1.165) is 0 Å². The van der Waals surface area contributed by atoms with Gasteiger partial charge in [-0.15, -0.1) is 0 Å². The number of ether oxygens (including phenoxy) is 2. The molecule has 0 aliphatic carbocycles. The van der Waals surface area contributed by atoms with E-state index in [1.807, 2.05) is 6.07 Å². The molecule has 0 aliphatic heterocycles. The molecule has 0 saturated heterocycles. The molecule has 1 heterocycles. The molecule has 0 N–H and O–H groups in total. The average molecular weight is 341 g/mol. The van der Waals surface area contributed by atoms with Crippen LogP contribution in [0.3, 0.4) is 0 Å². The molecule has 25 heavy (non-hydrogen) atoms. The van der Waals surface area contributed by atoms with Crippen LogP contribution in [0.1, 0.15) is 28.4 Å². The summed E-state index contributed by atoms with van der Waals surface area (Å²) in [6, 6.07) is 13.9. The van der Waals surface area contributed by atoms with Gasteiger partial charge in [0.05, 0.1) is 14.2 Å². The summed E-state index contributed by atoms with van der Waals surface area (Å²) in [6.45, 7) is 0. The zero-order valence-electron chi connectivity index (χ0n) is 14.0. The van der Waals surface area contributed by atoms with Gasteiger partial charge in [-0.2, -0.15) is 0 Å². The van der Waals surface area contributed by atoms with Crippen molar-refractivity contribution < 1.29 is 23.9 Å². The van der Waals surface area contributed by atoms with E-state index in [2.05, 4.69) is 4.98 Å². The largest absolute Gasteiger partial charge is 0.468 e. The number of benzene rings is 1. The maximum absolute atomic E-state index is 12.6. The third kappa shape index (κ3) is 4.50. The standard InChI is InChI=1S/C19H19NO5/c1-24-18(22)17(19(23)25-2)14(13-8-4-3-5-9-13)12-16(21)15-10-6-7-11-20-15/h3-11,14,17H,12H2,1-2H3/t14-/m1/s1. The monoisotopic (exact) mass is 341 g/mol. The number of ketones is 1. The lowest BCUT2D eigenvalue weighted by Gasteiger charge is -2.23. The lowest BCUT2D eigenvalue weighted by Crippen LogP contribution is -2.33. The van der Waals surface area contributed by atoms with Crippen LogP contribution >= 0.6 is 0 Å². The van der Waals surface area contributed by atoms with Crippen LogP contribution in [0.5, 0.6) is 0 Å². The van der Waals surface area contributed by atoms with Gasteiger partial charge in [-0.25, -0.2) is 0 Å². The van der Waals surface area contributed by atoms with Gasteiger partial charge in [-0.1, -0.05) is 36.4 Å². The van der Waals surface area contributed by atoms with Crippen molar-refractivity contribution in [3.63, 3.8) is 0 Å². The van der Waals surface area contributed by atoms with Crippen molar-refractivity contribution in [2.24, 2.45) is 5.92 Å². The first-order valence-electron chi connectivity index (χ1n) is 7.73. The molecule has 130 valence electrons. The Morgan fingerprint density at radius 2 is 1.52 bits per heavy atom. The number of hydrogen-bond acceptors (Lipinski definition) is 6. The van der Waals surface area contributed by atoms with E-state index in [9.17, 15) is 14.4 Å². The lowest BCUT2D eigenvalue weighted by atomic mass is 9.81. The number of carbonyl (C=O) groups is 3. The van der Waals surface area contributed by atoms with E-state index in [1.54, 1.807) is 42.5 Å². The van der Waals surface area contributed by atoms with Gasteiger partial charge in [0.25, 0.3) is 0 Å². The predicted molar refractivity (Wildman–Crippen MR) is 89.9 cm³/mol. The van der Waals surface area contributed by atoms with Crippen LogP contribution in [0.2, 0.25) is 0 Å². The highest BCUT2D eigenvalue weighted by Crippen LogP contribution is 2.31. The molecule has 0 amide bonds. The summed E-state index contributed by atoms with van der Waals surface area (Å²) in [5.41, 5.74) is 0.949. The van der Waals surface area contributed by atoms with Gasteiger partial charge in [0.15, 0.2) is 11.7 Å². The van der Waals surface area contributed by atoms with Crippen LogP contribution in [0.15, 0.2) is 54.7 Å². The molecule has 6 nitrogen and oxygen atoms in total. The Bertz CT molecular complexity index is 714. The molecule has 2 rings (SSSR count). The number of nitrogens with zero attached hydrogens (tertiary/aromatic N) is 1. The normalized spacial score (nSPS) is 11.6. The van der Waals surface area contributed by atoms with Gasteiger partial charge in [0.2, 0.25) is 0 Å². The zero-order valence-corrected chi connectivity index (χ0v) is 14.0. The minimum Gasteiger partial charge on any atom is -0.468 e. The number of hydrogen-bond donors (Lipinski definition) is 0. The molecule has 0 spiro atoms. The molecule has 0 radical (unpaired) electrons. The molecule has 1 atom stereocenters. The molecule has 1 aromatic heterocycles. The first-order valence-corrected chi connectivity index (χ1v) is 7.73. The third-order valence-electron chi connectivity index (χ3n) is 3.90. The fourth-order valence-corrected chi connectivity index (χ4v) is 2.64. The van der Waals surface area contributed by atoms with Gasteiger partial charge in [0.1, 0.15) is 5.69 Å². The summed E-state index contributed by atoms with van der Waals surface area (Å²) in [5.74, 6) is -3.70. The maximum Gasteiger partial charge on any atom is 0.320 e. The van der Waals surface area contributed by atoms with Gasteiger partial charge < -0.3 is 9.47 Å². The molecular formula is C19H19NO5. The van der Waals surface area contributed by atoms with Crippen molar-refractivity contribution in [2.45, 2.75) is 12.3 Å². The number of pyridine rings is 1. The average Bonchev–Trinajstić information content (AvgIpc) is 2.68. The van der Waals surface area contributed by atoms with E-state index >= 15 is 0 Å². The molecular weight excluding hydrogens is 322 g/mol. The van der Waals surface area contributed by atoms with Crippen LogP contribution in [0.4, 0.5) is 0 Å². The number of aromatic nitrogens is 1. The number of Topliss-reactive ketones (excluding diaryl/α,β-unsaturated/α-hetero) is 1. The first kappa shape index (κ1) is 18.3. The Morgan fingerprint density at radius 3 is 2.04 bits per heavy atom. The summed E-state index contributed by atoms with van der Waals surface area (Å²) < 4.78 is 9.52. The molecule has 0 saturated carbocycles. The third-order valence-corrected chi connectivity index (χ3v) is 3.90. The van der Waals surface area contributed by atoms with Crippen LogP contribution < -0.4 is 0 Å². The van der Waals surface area contributed by atoms with Crippen LogP contribution in [-0.2, 0) is 19.1 Å². The summed E-state index contributed by atoms with van der Waals surface area (Å²) in [4.78, 5) is 41.0. The SMILES string of the molecule is COC(=O)C(C(=O)OC)[C@H](CC(=O)c1ccccn1)c1ccccc1. The maximum atomic E-state index is 12.6. The Balaban J connectivity index is 2.40. The van der Waals surface area contributed by atoms with Crippen molar-refractivity contribution in [1.29, 1.82) is 0 Å². The topological polar surface area (TPSA) is 82.6 Å². The minimum atomic E-state index is -1.23. The van der Waals surface area contributed by atoms with Crippen LogP contribution in [0.25, 0.3) is 0 Å². The van der Waals surface area contributed by atoms with E-state index < -0.39 is 23.8 Å².